The number of piperidine rings is 1. The molecule has 1 saturated heterocycles. The number of aryl methyl sites for hydroxylation is 2. The normalized spacial score (nSPS) is 18.6. The molecular formula is C28H34N2O2. The molecule has 0 radical (unpaired) electrons. The van der Waals surface area contributed by atoms with Gasteiger partial charge >= 0.3 is 0 Å². The largest absolute Gasteiger partial charge is 0.440 e. The quantitative estimate of drug-likeness (QED) is 0.521. The number of fused-ring (bicyclic) bond motifs is 2. The lowest BCUT2D eigenvalue weighted by Crippen LogP contribution is -2.37. The molecule has 0 amide bonds. The van der Waals surface area contributed by atoms with Crippen LogP contribution in [0, 0.1) is 12.3 Å². The van der Waals surface area contributed by atoms with Gasteiger partial charge in [0.15, 0.2) is 11.3 Å². The molecule has 0 spiro atoms. The number of anilines is 2. The summed E-state index contributed by atoms with van der Waals surface area (Å²) in [5.41, 5.74) is 7.35. The molecule has 4 nitrogen and oxygen atoms in total. The number of hydrogen-bond donors (Lipinski definition) is 1. The predicted octanol–water partition coefficient (Wildman–Crippen LogP) is 6.39. The molecule has 1 atom stereocenters. The van der Waals surface area contributed by atoms with Crippen molar-refractivity contribution in [1.82, 2.24) is 0 Å². The molecule has 0 saturated carbocycles. The van der Waals surface area contributed by atoms with E-state index < -0.39 is 0 Å². The van der Waals surface area contributed by atoms with Crippen molar-refractivity contribution in [2.45, 2.75) is 65.8 Å². The van der Waals surface area contributed by atoms with Gasteiger partial charge in [-0.25, -0.2) is 0 Å². The Kier molecular flexibility index (Phi) is 5.27. The van der Waals surface area contributed by atoms with Gasteiger partial charge in [-0.1, -0.05) is 32.0 Å². The molecule has 1 aliphatic heterocycles. The average Bonchev–Trinajstić information content (AvgIpc) is 3.23. The smallest absolute Gasteiger partial charge is 0.200 e. The van der Waals surface area contributed by atoms with E-state index in [2.05, 4.69) is 62.2 Å². The summed E-state index contributed by atoms with van der Waals surface area (Å²) in [6.07, 6.45) is 5.72. The molecule has 5 rings (SSSR count). The van der Waals surface area contributed by atoms with Crippen LogP contribution in [-0.4, -0.2) is 13.1 Å². The zero-order valence-corrected chi connectivity index (χ0v) is 19.8. The zero-order valence-electron chi connectivity index (χ0n) is 19.8. The first-order chi connectivity index (χ1) is 15.3. The van der Waals surface area contributed by atoms with E-state index in [4.69, 9.17) is 4.42 Å². The van der Waals surface area contributed by atoms with E-state index in [9.17, 15) is 4.79 Å². The van der Waals surface area contributed by atoms with Crippen molar-refractivity contribution < 1.29 is 4.42 Å². The van der Waals surface area contributed by atoms with E-state index in [1.807, 2.05) is 6.07 Å². The highest BCUT2D eigenvalue weighted by Crippen LogP contribution is 2.36. The first kappa shape index (κ1) is 21.1. The average molecular weight is 431 g/mol. The fourth-order valence-corrected chi connectivity index (χ4v) is 5.30. The van der Waals surface area contributed by atoms with Gasteiger partial charge in [-0.3, -0.25) is 4.79 Å². The minimum atomic E-state index is 0.0307. The molecule has 3 aromatic rings. The van der Waals surface area contributed by atoms with Gasteiger partial charge < -0.3 is 14.6 Å². The maximum absolute atomic E-state index is 13.1. The number of nitrogens with one attached hydrogen (secondary N) is 1. The van der Waals surface area contributed by atoms with Gasteiger partial charge in [-0.2, -0.15) is 0 Å². The second-order valence-corrected chi connectivity index (χ2v) is 10.5. The summed E-state index contributed by atoms with van der Waals surface area (Å²) in [5.74, 6) is 0.705. The molecule has 1 aromatic heterocycles. The molecule has 168 valence electrons. The van der Waals surface area contributed by atoms with Gasteiger partial charge in [0.2, 0.25) is 0 Å². The van der Waals surface area contributed by atoms with Crippen LogP contribution >= 0.6 is 0 Å². The summed E-state index contributed by atoms with van der Waals surface area (Å²) < 4.78 is 6.47. The standard InChI is InChI=1S/C28H34N2O2/c1-18-15-22(19(2)29-24-10-6-8-20-7-5-9-21(20)24)27-23(16-18)25(31)17-26(32-27)30-13-11-28(3,4)12-14-30/h6,8,10,15-17,19,29H,5,7,9,11-14H2,1-4H3. The lowest BCUT2D eigenvalue weighted by molar-refractivity contribution is 0.274. The third kappa shape index (κ3) is 3.92. The summed E-state index contributed by atoms with van der Waals surface area (Å²) in [5, 5.41) is 4.41. The molecule has 1 N–H and O–H groups in total. The summed E-state index contributed by atoms with van der Waals surface area (Å²) in [4.78, 5) is 15.3. The lowest BCUT2D eigenvalue weighted by Gasteiger charge is -2.37. The Labute approximate surface area is 190 Å². The number of hydrogen-bond acceptors (Lipinski definition) is 4. The minimum absolute atomic E-state index is 0.0307. The Bertz CT molecular complexity index is 1210. The highest BCUT2D eigenvalue weighted by atomic mass is 16.4. The van der Waals surface area contributed by atoms with Crippen LogP contribution in [0.3, 0.4) is 0 Å². The summed E-state index contributed by atoms with van der Waals surface area (Å²) in [6, 6.07) is 12.4. The van der Waals surface area contributed by atoms with Crippen molar-refractivity contribution in [3.63, 3.8) is 0 Å². The third-order valence-corrected chi connectivity index (χ3v) is 7.40. The SMILES string of the molecule is Cc1cc(C(C)Nc2cccc3c2CCC3)c2oc(N3CCC(C)(C)CC3)cc(=O)c2c1. The Morgan fingerprint density at radius 1 is 1.09 bits per heavy atom. The summed E-state index contributed by atoms with van der Waals surface area (Å²) in [7, 11) is 0. The van der Waals surface area contributed by atoms with Gasteiger partial charge in [0.1, 0.15) is 5.58 Å². The second-order valence-electron chi connectivity index (χ2n) is 10.5. The molecule has 1 unspecified atom stereocenters. The minimum Gasteiger partial charge on any atom is -0.440 e. The second kappa shape index (κ2) is 7.99. The van der Waals surface area contributed by atoms with Crippen molar-refractivity contribution in [2.75, 3.05) is 23.3 Å². The van der Waals surface area contributed by atoms with Gasteiger partial charge in [0.05, 0.1) is 11.4 Å². The van der Waals surface area contributed by atoms with Gasteiger partial charge in [0.25, 0.3) is 0 Å². The highest BCUT2D eigenvalue weighted by Gasteiger charge is 2.27. The molecular weight excluding hydrogens is 396 g/mol. The Hall–Kier alpha value is -2.75. The Morgan fingerprint density at radius 3 is 2.66 bits per heavy atom. The fourth-order valence-electron chi connectivity index (χ4n) is 5.30. The van der Waals surface area contributed by atoms with Crippen molar-refractivity contribution in [1.29, 1.82) is 0 Å². The molecule has 2 aromatic carbocycles. The van der Waals surface area contributed by atoms with Crippen LogP contribution in [0.5, 0.6) is 0 Å². The van der Waals surface area contributed by atoms with Crippen LogP contribution < -0.4 is 15.6 Å². The Balaban J connectivity index is 1.53. The van der Waals surface area contributed by atoms with Gasteiger partial charge in [-0.05, 0) is 80.2 Å². The van der Waals surface area contributed by atoms with Crippen LogP contribution in [0.4, 0.5) is 11.6 Å². The van der Waals surface area contributed by atoms with Crippen LogP contribution in [0.2, 0.25) is 0 Å². The van der Waals surface area contributed by atoms with E-state index in [1.165, 1.54) is 23.2 Å². The van der Waals surface area contributed by atoms with E-state index >= 15 is 0 Å². The van der Waals surface area contributed by atoms with Crippen LogP contribution in [0.1, 0.15) is 68.3 Å². The number of benzene rings is 2. The molecule has 2 aliphatic rings. The highest BCUT2D eigenvalue weighted by molar-refractivity contribution is 5.82. The lowest BCUT2D eigenvalue weighted by atomic mass is 9.83. The van der Waals surface area contributed by atoms with Crippen molar-refractivity contribution in [3.8, 4) is 0 Å². The first-order valence-corrected chi connectivity index (χ1v) is 12.0. The molecule has 0 bridgehead atoms. The number of nitrogens with zero attached hydrogens (tertiary/aromatic N) is 1. The predicted molar refractivity (Wildman–Crippen MR) is 133 cm³/mol. The number of rotatable bonds is 4. The van der Waals surface area contributed by atoms with Gasteiger partial charge in [-0.15, -0.1) is 0 Å². The molecule has 32 heavy (non-hydrogen) atoms. The maximum atomic E-state index is 13.1. The van der Waals surface area contributed by atoms with Crippen LogP contribution in [0.15, 0.2) is 45.6 Å². The molecule has 4 heteroatoms. The summed E-state index contributed by atoms with van der Waals surface area (Å²) >= 11 is 0. The van der Waals surface area contributed by atoms with Crippen molar-refractivity contribution >= 4 is 22.5 Å². The van der Waals surface area contributed by atoms with E-state index in [1.54, 1.807) is 6.07 Å². The zero-order chi connectivity index (χ0) is 22.5. The molecule has 2 heterocycles. The van der Waals surface area contributed by atoms with Gasteiger partial charge in [0, 0.05) is 30.4 Å². The first-order valence-electron chi connectivity index (χ1n) is 12.0. The topological polar surface area (TPSA) is 45.5 Å². The Morgan fingerprint density at radius 2 is 1.88 bits per heavy atom. The fraction of sp³-hybridized carbons (Fsp3) is 0.464. The summed E-state index contributed by atoms with van der Waals surface area (Å²) in [6.45, 7) is 10.7. The molecule has 1 fully saturated rings. The van der Waals surface area contributed by atoms with Crippen LogP contribution in [-0.2, 0) is 12.8 Å². The van der Waals surface area contributed by atoms with Crippen molar-refractivity contribution in [3.05, 3.63) is 68.9 Å². The van der Waals surface area contributed by atoms with Crippen molar-refractivity contribution in [2.24, 2.45) is 5.41 Å². The van der Waals surface area contributed by atoms with E-state index in [0.717, 1.165) is 55.5 Å². The van der Waals surface area contributed by atoms with E-state index in [0.29, 0.717) is 16.7 Å². The third-order valence-electron chi connectivity index (χ3n) is 7.40. The monoisotopic (exact) mass is 430 g/mol. The van der Waals surface area contributed by atoms with E-state index in [-0.39, 0.29) is 11.5 Å². The maximum Gasteiger partial charge on any atom is 0.200 e. The van der Waals surface area contributed by atoms with Crippen LogP contribution in [0.25, 0.3) is 11.0 Å². The molecule has 1 aliphatic carbocycles.